The van der Waals surface area contributed by atoms with E-state index in [1.807, 2.05) is 49.4 Å². The van der Waals surface area contributed by atoms with Crippen molar-refractivity contribution >= 4 is 28.6 Å². The van der Waals surface area contributed by atoms with Crippen LogP contribution in [0.1, 0.15) is 37.8 Å². The van der Waals surface area contributed by atoms with Crippen molar-refractivity contribution in [2.24, 2.45) is 5.10 Å². The Labute approximate surface area is 160 Å². The number of nitrogens with zero attached hydrogens (tertiary/aromatic N) is 1. The van der Waals surface area contributed by atoms with Crippen LogP contribution in [0.15, 0.2) is 71.8 Å². The average Bonchev–Trinajstić information content (AvgIpc) is 2.68. The quantitative estimate of drug-likeness (QED) is 0.485. The molecule has 4 heteroatoms. The molecule has 0 aromatic heterocycles. The van der Waals surface area contributed by atoms with E-state index in [1.165, 1.54) is 10.9 Å². The van der Waals surface area contributed by atoms with E-state index in [-0.39, 0.29) is 5.91 Å². The van der Waals surface area contributed by atoms with Gasteiger partial charge in [-0.05, 0) is 46.9 Å². The summed E-state index contributed by atoms with van der Waals surface area (Å²) in [6, 6.07) is 22.0. The Morgan fingerprint density at radius 2 is 1.63 bits per heavy atom. The Morgan fingerprint density at radius 3 is 2.33 bits per heavy atom. The molecule has 3 aromatic carbocycles. The Kier molecular flexibility index (Phi) is 5.87. The van der Waals surface area contributed by atoms with Crippen LogP contribution in [0.25, 0.3) is 10.8 Å². The van der Waals surface area contributed by atoms with Gasteiger partial charge in [0.25, 0.3) is 5.91 Å². The number of hydrogen-bond donors (Lipinski definition) is 2. The zero-order chi connectivity index (χ0) is 19.2. The molecule has 27 heavy (non-hydrogen) atoms. The summed E-state index contributed by atoms with van der Waals surface area (Å²) in [6.07, 6.45) is 1.66. The van der Waals surface area contributed by atoms with Crippen molar-refractivity contribution in [3.63, 3.8) is 0 Å². The van der Waals surface area contributed by atoms with Gasteiger partial charge >= 0.3 is 0 Å². The van der Waals surface area contributed by atoms with Crippen LogP contribution in [0.4, 0.5) is 5.69 Å². The third-order valence-electron chi connectivity index (χ3n) is 4.52. The molecule has 0 fully saturated rings. The Morgan fingerprint density at radius 1 is 0.926 bits per heavy atom. The van der Waals surface area contributed by atoms with Crippen LogP contribution < -0.4 is 10.7 Å². The van der Waals surface area contributed by atoms with Crippen LogP contribution in [0.2, 0.25) is 0 Å². The molecule has 0 saturated carbocycles. The number of fused-ring (bicyclic) bond motifs is 1. The van der Waals surface area contributed by atoms with Crippen molar-refractivity contribution in [1.82, 2.24) is 5.43 Å². The first-order chi connectivity index (χ1) is 13.0. The Bertz CT molecular complexity index is 945. The van der Waals surface area contributed by atoms with Crippen LogP contribution in [0, 0.1) is 0 Å². The average molecular weight is 359 g/mol. The maximum absolute atomic E-state index is 12.3. The second kappa shape index (κ2) is 8.49. The zero-order valence-electron chi connectivity index (χ0n) is 15.9. The number of hydrogen-bond acceptors (Lipinski definition) is 3. The van der Waals surface area contributed by atoms with E-state index in [2.05, 4.69) is 54.0 Å². The fraction of sp³-hybridized carbons (Fsp3) is 0.217. The molecular formula is C23H25N3O. The molecule has 3 rings (SSSR count). The molecule has 3 aromatic rings. The maximum atomic E-state index is 12.3. The third-order valence-corrected chi connectivity index (χ3v) is 4.52. The van der Waals surface area contributed by atoms with Gasteiger partial charge in [-0.3, -0.25) is 4.79 Å². The lowest BCUT2D eigenvalue weighted by molar-refractivity contribution is -0.121. The summed E-state index contributed by atoms with van der Waals surface area (Å²) >= 11 is 0. The molecule has 0 spiro atoms. The molecule has 1 amide bonds. The van der Waals surface area contributed by atoms with Gasteiger partial charge in [-0.15, -0.1) is 0 Å². The molecular weight excluding hydrogens is 334 g/mol. The van der Waals surface area contributed by atoms with Crippen molar-refractivity contribution in [2.45, 2.75) is 32.7 Å². The molecule has 0 saturated heterocycles. The first-order valence-corrected chi connectivity index (χ1v) is 9.21. The molecule has 0 unspecified atom stereocenters. The van der Waals surface area contributed by atoms with Crippen molar-refractivity contribution < 1.29 is 4.79 Å². The fourth-order valence-corrected chi connectivity index (χ4v) is 2.83. The first-order valence-electron chi connectivity index (χ1n) is 9.21. The standard InChI is InChI=1S/C23H25N3O/c1-16(2)19-10-8-18(9-11-19)15-24-26-23(27)17(3)25-22-13-12-20-6-4-5-7-21(20)14-22/h4-17,25H,1-3H3,(H,26,27)/b24-15-/t17-/m0/s1. The smallest absolute Gasteiger partial charge is 0.262 e. The van der Waals surface area contributed by atoms with Crippen LogP contribution in [0.5, 0.6) is 0 Å². The number of hydrazone groups is 1. The lowest BCUT2D eigenvalue weighted by Crippen LogP contribution is -2.34. The van der Waals surface area contributed by atoms with E-state index >= 15 is 0 Å². The summed E-state index contributed by atoms with van der Waals surface area (Å²) in [5, 5.41) is 9.59. The Balaban J connectivity index is 1.56. The summed E-state index contributed by atoms with van der Waals surface area (Å²) in [5.41, 5.74) is 5.74. The van der Waals surface area contributed by atoms with Gasteiger partial charge in [0, 0.05) is 5.69 Å². The summed E-state index contributed by atoms with van der Waals surface area (Å²) in [4.78, 5) is 12.3. The van der Waals surface area contributed by atoms with Crippen molar-refractivity contribution in [2.75, 3.05) is 5.32 Å². The highest BCUT2D eigenvalue weighted by Gasteiger charge is 2.11. The summed E-state index contributed by atoms with van der Waals surface area (Å²) in [5.74, 6) is 0.316. The minimum absolute atomic E-state index is 0.182. The van der Waals surface area contributed by atoms with Crippen LogP contribution in [0.3, 0.4) is 0 Å². The molecule has 0 aliphatic rings. The second-order valence-corrected chi connectivity index (χ2v) is 6.98. The van der Waals surface area contributed by atoms with E-state index in [0.717, 1.165) is 16.6 Å². The minimum atomic E-state index is -0.397. The first kappa shape index (κ1) is 18.6. The molecule has 0 aliphatic heterocycles. The third kappa shape index (κ3) is 4.94. The van der Waals surface area contributed by atoms with Gasteiger partial charge in [0.05, 0.1) is 6.21 Å². The van der Waals surface area contributed by atoms with Crippen molar-refractivity contribution in [3.8, 4) is 0 Å². The highest BCUT2D eigenvalue weighted by Crippen LogP contribution is 2.19. The summed E-state index contributed by atoms with van der Waals surface area (Å²) in [6.45, 7) is 6.14. The minimum Gasteiger partial charge on any atom is -0.374 e. The van der Waals surface area contributed by atoms with Gasteiger partial charge < -0.3 is 5.32 Å². The predicted molar refractivity (Wildman–Crippen MR) is 113 cm³/mol. The van der Waals surface area contributed by atoms with E-state index in [4.69, 9.17) is 0 Å². The molecule has 0 heterocycles. The monoisotopic (exact) mass is 359 g/mol. The van der Waals surface area contributed by atoms with Gasteiger partial charge in [0.1, 0.15) is 6.04 Å². The second-order valence-electron chi connectivity index (χ2n) is 6.98. The number of nitrogens with one attached hydrogen (secondary N) is 2. The lowest BCUT2D eigenvalue weighted by atomic mass is 10.0. The SMILES string of the molecule is CC(C)c1ccc(/C=N\NC(=O)[C@H](C)Nc2ccc3ccccc3c2)cc1. The van der Waals surface area contributed by atoms with Crippen molar-refractivity contribution in [3.05, 3.63) is 77.9 Å². The highest BCUT2D eigenvalue weighted by atomic mass is 16.2. The number of anilines is 1. The molecule has 138 valence electrons. The maximum Gasteiger partial charge on any atom is 0.262 e. The largest absolute Gasteiger partial charge is 0.374 e. The molecule has 0 radical (unpaired) electrons. The molecule has 4 nitrogen and oxygen atoms in total. The molecule has 0 bridgehead atoms. The number of rotatable bonds is 6. The van der Waals surface area contributed by atoms with Gasteiger partial charge in [-0.1, -0.05) is 68.4 Å². The van der Waals surface area contributed by atoms with Gasteiger partial charge in [-0.25, -0.2) is 5.43 Å². The number of benzene rings is 3. The van der Waals surface area contributed by atoms with Gasteiger partial charge in [-0.2, -0.15) is 5.10 Å². The fourth-order valence-electron chi connectivity index (χ4n) is 2.83. The normalized spacial score (nSPS) is 12.4. The van der Waals surface area contributed by atoms with E-state index in [1.54, 1.807) is 6.21 Å². The molecule has 1 atom stereocenters. The predicted octanol–water partition coefficient (Wildman–Crippen LogP) is 4.91. The van der Waals surface area contributed by atoms with E-state index < -0.39 is 6.04 Å². The topological polar surface area (TPSA) is 53.5 Å². The van der Waals surface area contributed by atoms with E-state index in [0.29, 0.717) is 5.92 Å². The zero-order valence-corrected chi connectivity index (χ0v) is 15.9. The number of amides is 1. The summed E-state index contributed by atoms with van der Waals surface area (Å²) in [7, 11) is 0. The highest BCUT2D eigenvalue weighted by molar-refractivity contribution is 5.89. The molecule has 2 N–H and O–H groups in total. The van der Waals surface area contributed by atoms with Gasteiger partial charge in [0.2, 0.25) is 0 Å². The van der Waals surface area contributed by atoms with Gasteiger partial charge in [0.15, 0.2) is 0 Å². The van der Waals surface area contributed by atoms with Crippen LogP contribution >= 0.6 is 0 Å². The van der Waals surface area contributed by atoms with E-state index in [9.17, 15) is 4.79 Å². The lowest BCUT2D eigenvalue weighted by Gasteiger charge is -2.14. The molecule has 0 aliphatic carbocycles. The van der Waals surface area contributed by atoms with Crippen LogP contribution in [-0.2, 0) is 4.79 Å². The van der Waals surface area contributed by atoms with Crippen molar-refractivity contribution in [1.29, 1.82) is 0 Å². The Hall–Kier alpha value is -3.14. The number of carbonyl (C=O) groups excluding carboxylic acids is 1. The number of carbonyl (C=O) groups is 1. The summed E-state index contributed by atoms with van der Waals surface area (Å²) < 4.78 is 0. The van der Waals surface area contributed by atoms with Crippen LogP contribution in [-0.4, -0.2) is 18.2 Å².